The van der Waals surface area contributed by atoms with Crippen LogP contribution in [0.15, 0.2) is 29.1 Å². The lowest BCUT2D eigenvalue weighted by molar-refractivity contribution is 0.148. The molecule has 4 heteroatoms. The van der Waals surface area contributed by atoms with Crippen molar-refractivity contribution >= 4 is 11.3 Å². The molecule has 0 bridgehead atoms. The van der Waals surface area contributed by atoms with E-state index in [1.165, 1.54) is 11.1 Å². The van der Waals surface area contributed by atoms with Crippen molar-refractivity contribution in [1.82, 2.24) is 10.3 Å². The van der Waals surface area contributed by atoms with E-state index in [2.05, 4.69) is 47.7 Å². The largest absolute Gasteiger partial charge is 0.484 e. The van der Waals surface area contributed by atoms with Gasteiger partial charge in [-0.25, -0.2) is 4.98 Å². The Morgan fingerprint density at radius 1 is 1.47 bits per heavy atom. The summed E-state index contributed by atoms with van der Waals surface area (Å²) in [6.07, 6.45) is 0.999. The normalized spacial score (nSPS) is 21.8. The number of hydrogen-bond acceptors (Lipinski definition) is 4. The zero-order chi connectivity index (χ0) is 13.2. The van der Waals surface area contributed by atoms with Gasteiger partial charge in [0.2, 0.25) is 0 Å². The molecule has 2 heterocycles. The molecule has 0 saturated heterocycles. The van der Waals surface area contributed by atoms with Crippen LogP contribution < -0.4 is 10.1 Å². The smallest absolute Gasteiger partial charge is 0.143 e. The van der Waals surface area contributed by atoms with Crippen LogP contribution in [-0.2, 0) is 0 Å². The van der Waals surface area contributed by atoms with Crippen LogP contribution in [0.2, 0.25) is 0 Å². The first-order valence-electron chi connectivity index (χ1n) is 6.66. The molecule has 0 radical (unpaired) electrons. The standard InChI is InChI=1S/C15H18N2OS/c1-3-16-12-7-15(13-8-19-9-17-13)18-14-5-4-10(2)6-11(12)14/h4-6,8-9,12,15-16H,3,7H2,1-2H3. The number of aryl methyl sites for hydroxylation is 1. The Morgan fingerprint density at radius 3 is 3.11 bits per heavy atom. The maximum Gasteiger partial charge on any atom is 0.143 e. The average molecular weight is 274 g/mol. The van der Waals surface area contributed by atoms with Crippen LogP contribution >= 0.6 is 11.3 Å². The molecule has 1 N–H and O–H groups in total. The molecule has 1 aromatic heterocycles. The molecule has 0 aliphatic carbocycles. The summed E-state index contributed by atoms with van der Waals surface area (Å²) in [6, 6.07) is 6.75. The van der Waals surface area contributed by atoms with Gasteiger partial charge in [-0.05, 0) is 19.5 Å². The van der Waals surface area contributed by atoms with Crippen molar-refractivity contribution < 1.29 is 4.74 Å². The molecule has 3 rings (SSSR count). The maximum absolute atomic E-state index is 6.11. The van der Waals surface area contributed by atoms with Crippen LogP contribution in [0.4, 0.5) is 0 Å². The van der Waals surface area contributed by atoms with Gasteiger partial charge in [0.05, 0.1) is 11.2 Å². The highest BCUT2D eigenvalue weighted by Gasteiger charge is 2.29. The number of hydrogen-bond donors (Lipinski definition) is 1. The summed E-state index contributed by atoms with van der Waals surface area (Å²) in [6.45, 7) is 5.22. The zero-order valence-electron chi connectivity index (χ0n) is 11.2. The molecule has 0 amide bonds. The van der Waals surface area contributed by atoms with Crippen molar-refractivity contribution in [3.63, 3.8) is 0 Å². The topological polar surface area (TPSA) is 34.2 Å². The van der Waals surface area contributed by atoms with Crippen LogP contribution in [-0.4, -0.2) is 11.5 Å². The molecule has 1 aromatic carbocycles. The molecule has 0 fully saturated rings. The highest BCUT2D eigenvalue weighted by molar-refractivity contribution is 7.07. The van der Waals surface area contributed by atoms with Crippen molar-refractivity contribution in [3.8, 4) is 5.75 Å². The number of ether oxygens (including phenoxy) is 1. The van der Waals surface area contributed by atoms with Gasteiger partial charge in [-0.15, -0.1) is 11.3 Å². The molecule has 2 aromatic rings. The number of nitrogens with one attached hydrogen (secondary N) is 1. The SMILES string of the molecule is CCNC1CC(c2cscn2)Oc2ccc(C)cc21. The number of aromatic nitrogens is 1. The van der Waals surface area contributed by atoms with Crippen LogP contribution in [0.25, 0.3) is 0 Å². The molecule has 100 valence electrons. The summed E-state index contributed by atoms with van der Waals surface area (Å²) in [5.41, 5.74) is 5.45. The van der Waals surface area contributed by atoms with E-state index in [9.17, 15) is 0 Å². The predicted molar refractivity (Wildman–Crippen MR) is 77.7 cm³/mol. The van der Waals surface area contributed by atoms with E-state index >= 15 is 0 Å². The molecule has 19 heavy (non-hydrogen) atoms. The first kappa shape index (κ1) is 12.6. The molecular weight excluding hydrogens is 256 g/mol. The second-order valence-corrected chi connectivity index (χ2v) is 5.63. The third kappa shape index (κ3) is 2.51. The van der Waals surface area contributed by atoms with Crippen LogP contribution in [0, 0.1) is 6.92 Å². The quantitative estimate of drug-likeness (QED) is 0.928. The van der Waals surface area contributed by atoms with Crippen LogP contribution in [0.1, 0.15) is 42.3 Å². The lowest BCUT2D eigenvalue weighted by Gasteiger charge is -2.32. The average Bonchev–Trinajstić information content (AvgIpc) is 2.93. The molecule has 0 saturated carbocycles. The Kier molecular flexibility index (Phi) is 3.53. The summed E-state index contributed by atoms with van der Waals surface area (Å²) in [5, 5.41) is 5.63. The Hall–Kier alpha value is -1.39. The van der Waals surface area contributed by atoms with Crippen molar-refractivity contribution in [1.29, 1.82) is 0 Å². The Labute approximate surface area is 117 Å². The molecule has 2 unspecified atom stereocenters. The van der Waals surface area contributed by atoms with Gasteiger partial charge in [0.15, 0.2) is 0 Å². The van der Waals surface area contributed by atoms with E-state index in [4.69, 9.17) is 4.74 Å². The lowest BCUT2D eigenvalue weighted by atomic mass is 9.94. The minimum absolute atomic E-state index is 0.0607. The van der Waals surface area contributed by atoms with Gasteiger partial charge in [-0.2, -0.15) is 0 Å². The third-order valence-electron chi connectivity index (χ3n) is 3.49. The van der Waals surface area contributed by atoms with Crippen LogP contribution in [0.3, 0.4) is 0 Å². The van der Waals surface area contributed by atoms with Crippen LogP contribution in [0.5, 0.6) is 5.75 Å². The molecule has 0 spiro atoms. The van der Waals surface area contributed by atoms with E-state index in [0.29, 0.717) is 6.04 Å². The zero-order valence-corrected chi connectivity index (χ0v) is 12.0. The minimum atomic E-state index is 0.0607. The summed E-state index contributed by atoms with van der Waals surface area (Å²) < 4.78 is 6.11. The molecule has 1 aliphatic rings. The summed E-state index contributed by atoms with van der Waals surface area (Å²) in [5.74, 6) is 0.987. The first-order valence-corrected chi connectivity index (χ1v) is 7.61. The van der Waals surface area contributed by atoms with Gasteiger partial charge >= 0.3 is 0 Å². The summed E-state index contributed by atoms with van der Waals surface area (Å²) >= 11 is 1.62. The van der Waals surface area contributed by atoms with E-state index in [-0.39, 0.29) is 6.10 Å². The number of rotatable bonds is 3. The Balaban J connectivity index is 1.95. The fraction of sp³-hybridized carbons (Fsp3) is 0.400. The monoisotopic (exact) mass is 274 g/mol. The van der Waals surface area contributed by atoms with Gasteiger partial charge in [-0.1, -0.05) is 24.6 Å². The van der Waals surface area contributed by atoms with Crippen molar-refractivity contribution in [2.24, 2.45) is 0 Å². The number of thiazole rings is 1. The lowest BCUT2D eigenvalue weighted by Crippen LogP contribution is -2.29. The summed E-state index contributed by atoms with van der Waals surface area (Å²) in [4.78, 5) is 4.39. The molecule has 1 aliphatic heterocycles. The first-order chi connectivity index (χ1) is 9.28. The van der Waals surface area contributed by atoms with Crippen molar-refractivity contribution in [2.75, 3.05) is 6.54 Å². The van der Waals surface area contributed by atoms with Crippen molar-refractivity contribution in [3.05, 3.63) is 45.9 Å². The summed E-state index contributed by atoms with van der Waals surface area (Å²) in [7, 11) is 0. The van der Waals surface area contributed by atoms with E-state index in [1.807, 2.05) is 5.51 Å². The van der Waals surface area contributed by atoms with E-state index in [1.54, 1.807) is 11.3 Å². The molecule has 3 nitrogen and oxygen atoms in total. The number of fused-ring (bicyclic) bond motifs is 1. The van der Waals surface area contributed by atoms with Gasteiger partial charge in [0.25, 0.3) is 0 Å². The second-order valence-electron chi connectivity index (χ2n) is 4.91. The predicted octanol–water partition coefficient (Wildman–Crippen LogP) is 3.63. The van der Waals surface area contributed by atoms with E-state index < -0.39 is 0 Å². The number of benzene rings is 1. The molecular formula is C15H18N2OS. The second kappa shape index (κ2) is 5.31. The van der Waals surface area contributed by atoms with Gasteiger partial charge in [0, 0.05) is 23.4 Å². The molecule has 2 atom stereocenters. The van der Waals surface area contributed by atoms with Crippen molar-refractivity contribution in [2.45, 2.75) is 32.4 Å². The highest BCUT2D eigenvalue weighted by Crippen LogP contribution is 2.40. The third-order valence-corrected chi connectivity index (χ3v) is 4.10. The Morgan fingerprint density at radius 2 is 2.37 bits per heavy atom. The van der Waals surface area contributed by atoms with Gasteiger partial charge in [-0.3, -0.25) is 0 Å². The van der Waals surface area contributed by atoms with E-state index in [0.717, 1.165) is 24.4 Å². The van der Waals surface area contributed by atoms with Gasteiger partial charge < -0.3 is 10.1 Å². The minimum Gasteiger partial charge on any atom is -0.484 e. The highest BCUT2D eigenvalue weighted by atomic mass is 32.1. The van der Waals surface area contributed by atoms with Gasteiger partial charge in [0.1, 0.15) is 11.9 Å². The maximum atomic E-state index is 6.11. The Bertz CT molecular complexity index is 553. The fourth-order valence-corrected chi connectivity index (χ4v) is 3.19. The number of nitrogens with zero attached hydrogens (tertiary/aromatic N) is 1. The fourth-order valence-electron chi connectivity index (χ4n) is 2.59.